The van der Waals surface area contributed by atoms with Gasteiger partial charge in [0.05, 0.1) is 0 Å². The average molecular weight is 145 g/mol. The number of hydrogen-bond acceptors (Lipinski definition) is 3. The second-order valence-electron chi connectivity index (χ2n) is 2.24. The van der Waals surface area contributed by atoms with Gasteiger partial charge in [0.1, 0.15) is 12.0 Å². The number of Topliss-reactive ketones (excluding diaryl/α,β-unsaturated/α-hetero) is 1. The Balaban J connectivity index is 3.26. The van der Waals surface area contributed by atoms with Crippen molar-refractivity contribution < 1.29 is 9.90 Å². The second-order valence-corrected chi connectivity index (χ2v) is 2.24. The number of aliphatic hydroxyl groups is 1. The standard InChI is InChI=1S/C7H15NO2/c1-3-6(9)4-5-7(10)8-2/h7-8,10H,3-5H2,1-2H3. The fraction of sp³-hybridized carbons (Fsp3) is 0.857. The fourth-order valence-electron chi connectivity index (χ4n) is 0.619. The molecule has 0 bridgehead atoms. The van der Waals surface area contributed by atoms with E-state index in [1.807, 2.05) is 6.92 Å². The minimum Gasteiger partial charge on any atom is -0.379 e. The highest BCUT2D eigenvalue weighted by molar-refractivity contribution is 5.77. The Labute approximate surface area is 61.4 Å². The summed E-state index contributed by atoms with van der Waals surface area (Å²) >= 11 is 0. The van der Waals surface area contributed by atoms with Crippen LogP contribution in [0.25, 0.3) is 0 Å². The summed E-state index contributed by atoms with van der Waals surface area (Å²) in [4.78, 5) is 10.7. The Morgan fingerprint density at radius 1 is 1.70 bits per heavy atom. The second kappa shape index (κ2) is 5.38. The molecule has 1 unspecified atom stereocenters. The maximum atomic E-state index is 10.7. The molecule has 0 aliphatic heterocycles. The molecular formula is C7H15NO2. The highest BCUT2D eigenvalue weighted by atomic mass is 16.3. The molecule has 2 N–H and O–H groups in total. The summed E-state index contributed by atoms with van der Waals surface area (Å²) in [6, 6.07) is 0. The zero-order valence-corrected chi connectivity index (χ0v) is 6.55. The van der Waals surface area contributed by atoms with Crippen LogP contribution >= 0.6 is 0 Å². The molecule has 1 atom stereocenters. The SMILES string of the molecule is CCC(=O)CCC(O)NC. The molecule has 10 heavy (non-hydrogen) atoms. The summed E-state index contributed by atoms with van der Waals surface area (Å²) in [5.41, 5.74) is 0. The van der Waals surface area contributed by atoms with Crippen molar-refractivity contribution in [1.82, 2.24) is 5.32 Å². The molecule has 0 saturated heterocycles. The van der Waals surface area contributed by atoms with Gasteiger partial charge in [-0.25, -0.2) is 0 Å². The van der Waals surface area contributed by atoms with E-state index in [0.29, 0.717) is 19.3 Å². The van der Waals surface area contributed by atoms with E-state index in [1.165, 1.54) is 0 Å². The smallest absolute Gasteiger partial charge is 0.132 e. The number of ketones is 1. The van der Waals surface area contributed by atoms with Crippen LogP contribution in [0.4, 0.5) is 0 Å². The van der Waals surface area contributed by atoms with Crippen molar-refractivity contribution in [3.8, 4) is 0 Å². The summed E-state index contributed by atoms with van der Waals surface area (Å²) in [7, 11) is 1.67. The zero-order valence-electron chi connectivity index (χ0n) is 6.55. The van der Waals surface area contributed by atoms with Crippen molar-refractivity contribution in [2.75, 3.05) is 7.05 Å². The lowest BCUT2D eigenvalue weighted by Gasteiger charge is -2.06. The lowest BCUT2D eigenvalue weighted by molar-refractivity contribution is -0.119. The normalized spacial score (nSPS) is 13.1. The predicted molar refractivity (Wildman–Crippen MR) is 39.6 cm³/mol. The molecule has 0 aliphatic rings. The van der Waals surface area contributed by atoms with Gasteiger partial charge >= 0.3 is 0 Å². The number of carbonyl (C=O) groups excluding carboxylic acids is 1. The van der Waals surface area contributed by atoms with E-state index in [2.05, 4.69) is 5.32 Å². The van der Waals surface area contributed by atoms with Crippen molar-refractivity contribution in [3.63, 3.8) is 0 Å². The van der Waals surface area contributed by atoms with Crippen LogP contribution in [0.2, 0.25) is 0 Å². The van der Waals surface area contributed by atoms with Gasteiger partial charge in [0.25, 0.3) is 0 Å². The van der Waals surface area contributed by atoms with Gasteiger partial charge < -0.3 is 5.11 Å². The minimum absolute atomic E-state index is 0.203. The van der Waals surface area contributed by atoms with Crippen molar-refractivity contribution in [3.05, 3.63) is 0 Å². The van der Waals surface area contributed by atoms with Crippen molar-refractivity contribution >= 4 is 5.78 Å². The van der Waals surface area contributed by atoms with Crippen LogP contribution in [0.5, 0.6) is 0 Å². The van der Waals surface area contributed by atoms with Crippen LogP contribution in [0.15, 0.2) is 0 Å². The summed E-state index contributed by atoms with van der Waals surface area (Å²) in [5.74, 6) is 0.203. The third-order valence-electron chi connectivity index (χ3n) is 1.42. The Hall–Kier alpha value is -0.410. The largest absolute Gasteiger partial charge is 0.379 e. The van der Waals surface area contributed by atoms with Crippen LogP contribution in [0.3, 0.4) is 0 Å². The number of carbonyl (C=O) groups is 1. The number of aliphatic hydroxyl groups excluding tert-OH is 1. The number of nitrogens with one attached hydrogen (secondary N) is 1. The van der Waals surface area contributed by atoms with Crippen molar-refractivity contribution in [2.45, 2.75) is 32.4 Å². The van der Waals surface area contributed by atoms with Crippen LogP contribution < -0.4 is 5.32 Å². The first-order valence-electron chi connectivity index (χ1n) is 3.57. The van der Waals surface area contributed by atoms with Gasteiger partial charge in [-0.15, -0.1) is 0 Å². The third kappa shape index (κ3) is 4.47. The van der Waals surface area contributed by atoms with Crippen LogP contribution in [-0.2, 0) is 4.79 Å². The van der Waals surface area contributed by atoms with Crippen molar-refractivity contribution in [2.24, 2.45) is 0 Å². The quantitative estimate of drug-likeness (QED) is 0.546. The maximum Gasteiger partial charge on any atom is 0.132 e. The molecule has 0 heterocycles. The molecule has 0 amide bonds. The topological polar surface area (TPSA) is 49.3 Å². The van der Waals surface area contributed by atoms with E-state index < -0.39 is 6.23 Å². The maximum absolute atomic E-state index is 10.7. The Bertz CT molecular complexity index is 104. The predicted octanol–water partition coefficient (Wildman–Crippen LogP) is 0.283. The molecule has 0 aromatic rings. The Morgan fingerprint density at radius 2 is 2.30 bits per heavy atom. The summed E-state index contributed by atoms with van der Waals surface area (Å²) < 4.78 is 0. The van der Waals surface area contributed by atoms with E-state index >= 15 is 0 Å². The van der Waals surface area contributed by atoms with Gasteiger partial charge in [0.15, 0.2) is 0 Å². The van der Waals surface area contributed by atoms with Gasteiger partial charge in [-0.05, 0) is 13.5 Å². The fourth-order valence-corrected chi connectivity index (χ4v) is 0.619. The van der Waals surface area contributed by atoms with Gasteiger partial charge in [-0.1, -0.05) is 6.92 Å². The van der Waals surface area contributed by atoms with E-state index in [1.54, 1.807) is 7.05 Å². The minimum atomic E-state index is -0.532. The van der Waals surface area contributed by atoms with E-state index in [-0.39, 0.29) is 5.78 Å². The van der Waals surface area contributed by atoms with E-state index in [0.717, 1.165) is 0 Å². The third-order valence-corrected chi connectivity index (χ3v) is 1.42. The highest BCUT2D eigenvalue weighted by Crippen LogP contribution is 1.96. The van der Waals surface area contributed by atoms with Crippen LogP contribution in [0, 0.1) is 0 Å². The first-order valence-corrected chi connectivity index (χ1v) is 3.57. The molecule has 0 radical (unpaired) electrons. The molecule has 0 saturated carbocycles. The molecule has 0 aromatic heterocycles. The molecule has 60 valence electrons. The van der Waals surface area contributed by atoms with Gasteiger partial charge in [0.2, 0.25) is 0 Å². The lowest BCUT2D eigenvalue weighted by Crippen LogP contribution is -2.24. The number of hydrogen-bond donors (Lipinski definition) is 2. The highest BCUT2D eigenvalue weighted by Gasteiger charge is 2.02. The zero-order chi connectivity index (χ0) is 7.98. The molecule has 3 nitrogen and oxygen atoms in total. The van der Waals surface area contributed by atoms with Gasteiger partial charge in [0, 0.05) is 12.8 Å². The molecule has 0 rings (SSSR count). The first kappa shape index (κ1) is 9.59. The van der Waals surface area contributed by atoms with Gasteiger partial charge in [-0.3, -0.25) is 10.1 Å². The summed E-state index contributed by atoms with van der Waals surface area (Å²) in [6.07, 6.45) is 1.02. The molecule has 3 heteroatoms. The summed E-state index contributed by atoms with van der Waals surface area (Å²) in [6.45, 7) is 1.83. The average Bonchev–Trinajstić information content (AvgIpc) is 1.99. The van der Waals surface area contributed by atoms with Crippen molar-refractivity contribution in [1.29, 1.82) is 0 Å². The summed E-state index contributed by atoms with van der Waals surface area (Å²) in [5, 5.41) is 11.6. The molecule has 0 fully saturated rings. The lowest BCUT2D eigenvalue weighted by atomic mass is 10.2. The van der Waals surface area contributed by atoms with Crippen LogP contribution in [0.1, 0.15) is 26.2 Å². The van der Waals surface area contributed by atoms with E-state index in [9.17, 15) is 4.79 Å². The molecule has 0 spiro atoms. The number of rotatable bonds is 5. The first-order chi connectivity index (χ1) is 4.70. The van der Waals surface area contributed by atoms with Gasteiger partial charge in [-0.2, -0.15) is 0 Å². The molecule has 0 aliphatic carbocycles. The Kier molecular flexibility index (Phi) is 5.16. The molecular weight excluding hydrogens is 130 g/mol. The van der Waals surface area contributed by atoms with E-state index in [4.69, 9.17) is 5.11 Å². The van der Waals surface area contributed by atoms with Crippen LogP contribution in [-0.4, -0.2) is 24.2 Å². The monoisotopic (exact) mass is 145 g/mol. The molecule has 0 aromatic carbocycles. The Morgan fingerprint density at radius 3 is 2.70 bits per heavy atom.